The molecule has 1 atom stereocenters. The Bertz CT molecular complexity index is 1240. The molecule has 40 heavy (non-hydrogen) atoms. The highest BCUT2D eigenvalue weighted by Gasteiger charge is 2.32. The van der Waals surface area contributed by atoms with E-state index in [-0.39, 0.29) is 31.0 Å². The number of hydrogen-bond donors (Lipinski definition) is 1. The summed E-state index contributed by atoms with van der Waals surface area (Å²) in [5.41, 5.74) is 1.82. The van der Waals surface area contributed by atoms with Gasteiger partial charge in [-0.15, -0.1) is 0 Å². The normalized spacial score (nSPS) is 13.8. The maximum absolute atomic E-state index is 13.9. The van der Waals surface area contributed by atoms with E-state index in [1.165, 1.54) is 0 Å². The third-order valence-corrected chi connectivity index (χ3v) is 7.15. The van der Waals surface area contributed by atoms with Gasteiger partial charge in [-0.2, -0.15) is 0 Å². The van der Waals surface area contributed by atoms with Crippen molar-refractivity contribution in [2.45, 2.75) is 50.7 Å². The smallest absolute Gasteiger partial charge is 0.261 e. The van der Waals surface area contributed by atoms with E-state index in [0.29, 0.717) is 29.4 Å². The van der Waals surface area contributed by atoms with Crippen LogP contribution in [0, 0.1) is 0 Å². The molecule has 0 bridgehead atoms. The first-order valence-corrected chi connectivity index (χ1v) is 13.6. The summed E-state index contributed by atoms with van der Waals surface area (Å²) in [6.45, 7) is -0.0430. The van der Waals surface area contributed by atoms with Crippen LogP contribution in [-0.4, -0.2) is 56.7 Å². The van der Waals surface area contributed by atoms with E-state index >= 15 is 0 Å². The van der Waals surface area contributed by atoms with Crippen LogP contribution in [0.25, 0.3) is 0 Å². The second kappa shape index (κ2) is 14.3. The van der Waals surface area contributed by atoms with Crippen LogP contribution >= 0.6 is 0 Å². The monoisotopic (exact) mass is 546 g/mol. The summed E-state index contributed by atoms with van der Waals surface area (Å²) in [5, 5.41) is 3.22. The van der Waals surface area contributed by atoms with Crippen LogP contribution in [0.2, 0.25) is 0 Å². The summed E-state index contributed by atoms with van der Waals surface area (Å²) in [7, 11) is 4.71. The standard InChI is InChI=1S/C32H38N2O6/c1-37-26-15-9-12-24(16-26)21-34(31(35)22-40-29-19-27(38-2)18-28(20-29)39-3)30(17-23-10-5-4-6-11-23)32(36)33-25-13-7-8-14-25/h4-6,9-12,15-16,18-20,25,30H,7-8,13-14,17,21-22H2,1-3H3,(H,33,36)/t30-/m0/s1. The Morgan fingerprint density at radius 1 is 0.800 bits per heavy atom. The lowest BCUT2D eigenvalue weighted by molar-refractivity contribution is -0.143. The molecule has 0 aromatic heterocycles. The summed E-state index contributed by atoms with van der Waals surface area (Å²) < 4.78 is 22.0. The van der Waals surface area contributed by atoms with Gasteiger partial charge >= 0.3 is 0 Å². The lowest BCUT2D eigenvalue weighted by Gasteiger charge is -2.32. The van der Waals surface area contributed by atoms with Gasteiger partial charge in [0.1, 0.15) is 29.0 Å². The molecule has 3 aromatic rings. The molecule has 1 fully saturated rings. The zero-order valence-corrected chi connectivity index (χ0v) is 23.4. The fourth-order valence-electron chi connectivity index (χ4n) is 4.98. The van der Waals surface area contributed by atoms with Crippen molar-refractivity contribution in [3.8, 4) is 23.0 Å². The second-order valence-electron chi connectivity index (χ2n) is 9.91. The lowest BCUT2D eigenvalue weighted by atomic mass is 10.0. The number of nitrogens with one attached hydrogen (secondary N) is 1. The van der Waals surface area contributed by atoms with Crippen molar-refractivity contribution in [1.29, 1.82) is 0 Å². The average Bonchev–Trinajstić information content (AvgIpc) is 3.51. The zero-order valence-electron chi connectivity index (χ0n) is 23.4. The Morgan fingerprint density at radius 3 is 2.08 bits per heavy atom. The minimum absolute atomic E-state index is 0.125. The molecule has 212 valence electrons. The molecule has 1 aliphatic carbocycles. The quantitative estimate of drug-likeness (QED) is 0.332. The summed E-state index contributed by atoms with van der Waals surface area (Å²) in [6.07, 6.45) is 4.47. The Balaban J connectivity index is 1.63. The fraction of sp³-hybridized carbons (Fsp3) is 0.375. The minimum Gasteiger partial charge on any atom is -0.497 e. The van der Waals surface area contributed by atoms with Crippen LogP contribution < -0.4 is 24.3 Å². The maximum Gasteiger partial charge on any atom is 0.261 e. The highest BCUT2D eigenvalue weighted by molar-refractivity contribution is 5.88. The number of rotatable bonds is 13. The van der Waals surface area contributed by atoms with E-state index in [4.69, 9.17) is 18.9 Å². The van der Waals surface area contributed by atoms with Gasteiger partial charge in [0.2, 0.25) is 5.91 Å². The minimum atomic E-state index is -0.731. The first-order valence-electron chi connectivity index (χ1n) is 13.6. The van der Waals surface area contributed by atoms with E-state index in [1.807, 2.05) is 54.6 Å². The first-order chi connectivity index (χ1) is 19.5. The molecule has 4 rings (SSSR count). The summed E-state index contributed by atoms with van der Waals surface area (Å²) in [6, 6.07) is 21.8. The van der Waals surface area contributed by atoms with Crippen molar-refractivity contribution >= 4 is 11.8 Å². The molecule has 1 saturated carbocycles. The predicted molar refractivity (Wildman–Crippen MR) is 153 cm³/mol. The van der Waals surface area contributed by atoms with Crippen LogP contribution in [0.3, 0.4) is 0 Å². The number of amides is 2. The van der Waals surface area contributed by atoms with Gasteiger partial charge in [0.05, 0.1) is 21.3 Å². The Morgan fingerprint density at radius 2 is 1.43 bits per heavy atom. The molecular weight excluding hydrogens is 508 g/mol. The highest BCUT2D eigenvalue weighted by Crippen LogP contribution is 2.28. The number of methoxy groups -OCH3 is 3. The molecule has 0 unspecified atom stereocenters. The highest BCUT2D eigenvalue weighted by atomic mass is 16.5. The number of nitrogens with zero attached hydrogens (tertiary/aromatic N) is 1. The molecule has 0 heterocycles. The molecule has 0 aliphatic heterocycles. The van der Waals surface area contributed by atoms with Gasteiger partial charge in [0.25, 0.3) is 5.91 Å². The summed E-state index contributed by atoms with van der Waals surface area (Å²) in [4.78, 5) is 29.3. The van der Waals surface area contributed by atoms with Gasteiger partial charge < -0.3 is 29.2 Å². The Kier molecular flexibility index (Phi) is 10.3. The van der Waals surface area contributed by atoms with Crippen molar-refractivity contribution in [2.24, 2.45) is 0 Å². The molecule has 2 amide bonds. The third kappa shape index (κ3) is 7.91. The molecular formula is C32H38N2O6. The predicted octanol–water partition coefficient (Wildman–Crippen LogP) is 4.79. The fourth-order valence-corrected chi connectivity index (χ4v) is 4.98. The van der Waals surface area contributed by atoms with Crippen LogP contribution in [0.5, 0.6) is 23.0 Å². The molecule has 0 saturated heterocycles. The van der Waals surface area contributed by atoms with E-state index < -0.39 is 6.04 Å². The maximum atomic E-state index is 13.9. The topological polar surface area (TPSA) is 86.3 Å². The number of benzene rings is 3. The van der Waals surface area contributed by atoms with E-state index in [0.717, 1.165) is 36.8 Å². The second-order valence-corrected chi connectivity index (χ2v) is 9.91. The number of hydrogen-bond acceptors (Lipinski definition) is 6. The Labute approximate surface area is 236 Å². The van der Waals surface area contributed by atoms with Gasteiger partial charge in [0, 0.05) is 37.2 Å². The van der Waals surface area contributed by atoms with Crippen LogP contribution in [-0.2, 0) is 22.6 Å². The van der Waals surface area contributed by atoms with E-state index in [1.54, 1.807) is 44.4 Å². The van der Waals surface area contributed by atoms with Gasteiger partial charge in [-0.25, -0.2) is 0 Å². The summed E-state index contributed by atoms with van der Waals surface area (Å²) in [5.74, 6) is 1.74. The largest absolute Gasteiger partial charge is 0.497 e. The SMILES string of the molecule is COc1cccc(CN(C(=O)COc2cc(OC)cc(OC)c2)[C@@H](Cc2ccccc2)C(=O)NC2CCCC2)c1. The van der Waals surface area contributed by atoms with Gasteiger partial charge in [0.15, 0.2) is 6.61 Å². The van der Waals surface area contributed by atoms with Crippen LogP contribution in [0.15, 0.2) is 72.8 Å². The van der Waals surface area contributed by atoms with Gasteiger partial charge in [-0.3, -0.25) is 9.59 Å². The number of ether oxygens (including phenoxy) is 4. The van der Waals surface area contributed by atoms with Crippen molar-refractivity contribution in [3.05, 3.63) is 83.9 Å². The van der Waals surface area contributed by atoms with E-state index in [9.17, 15) is 9.59 Å². The summed E-state index contributed by atoms with van der Waals surface area (Å²) >= 11 is 0. The third-order valence-electron chi connectivity index (χ3n) is 7.15. The molecule has 0 spiro atoms. The van der Waals surface area contributed by atoms with Crippen molar-refractivity contribution < 1.29 is 28.5 Å². The zero-order chi connectivity index (χ0) is 28.3. The average molecular weight is 547 g/mol. The molecule has 8 nitrogen and oxygen atoms in total. The van der Waals surface area contributed by atoms with Gasteiger partial charge in [-0.05, 0) is 36.1 Å². The first kappa shape index (κ1) is 28.8. The van der Waals surface area contributed by atoms with Crippen LogP contribution in [0.4, 0.5) is 0 Å². The lowest BCUT2D eigenvalue weighted by Crippen LogP contribution is -2.53. The van der Waals surface area contributed by atoms with Gasteiger partial charge in [-0.1, -0.05) is 55.3 Å². The molecule has 1 aliphatic rings. The molecule has 3 aromatic carbocycles. The molecule has 8 heteroatoms. The van der Waals surface area contributed by atoms with Crippen molar-refractivity contribution in [1.82, 2.24) is 10.2 Å². The number of carbonyl (C=O) groups excluding carboxylic acids is 2. The molecule has 0 radical (unpaired) electrons. The Hall–Kier alpha value is -4.20. The van der Waals surface area contributed by atoms with E-state index in [2.05, 4.69) is 5.32 Å². The molecule has 1 N–H and O–H groups in total. The van der Waals surface area contributed by atoms with Crippen molar-refractivity contribution in [2.75, 3.05) is 27.9 Å². The van der Waals surface area contributed by atoms with Crippen molar-refractivity contribution in [3.63, 3.8) is 0 Å². The van der Waals surface area contributed by atoms with Crippen LogP contribution in [0.1, 0.15) is 36.8 Å². The number of carbonyl (C=O) groups is 2.